The average Bonchev–Trinajstić information content (AvgIpc) is 2.67. The molecule has 0 spiro atoms. The van der Waals surface area contributed by atoms with Gasteiger partial charge in [0.05, 0.1) is 8.07 Å². The van der Waals surface area contributed by atoms with Crippen molar-refractivity contribution in [2.24, 2.45) is 0 Å². The monoisotopic (exact) mass is 284 g/mol. The van der Waals surface area contributed by atoms with Crippen LogP contribution in [0.3, 0.4) is 0 Å². The van der Waals surface area contributed by atoms with E-state index >= 15 is 0 Å². The van der Waals surface area contributed by atoms with Gasteiger partial charge in [0.1, 0.15) is 0 Å². The second-order valence-corrected chi connectivity index (χ2v) is 13.8. The molecule has 0 saturated carbocycles. The zero-order chi connectivity index (χ0) is 14.5. The van der Waals surface area contributed by atoms with Crippen LogP contribution < -0.4 is 5.19 Å². The van der Waals surface area contributed by atoms with Gasteiger partial charge in [-0.1, -0.05) is 51.5 Å². The molecule has 0 aromatic heterocycles. The molecule has 0 fully saturated rings. The van der Waals surface area contributed by atoms with Gasteiger partial charge in [0, 0.05) is 0 Å². The molecule has 3 aliphatic rings. The van der Waals surface area contributed by atoms with Crippen LogP contribution in [0.25, 0.3) is 0 Å². The second kappa shape index (κ2) is 3.43. The van der Waals surface area contributed by atoms with E-state index in [-0.39, 0.29) is 0 Å². The van der Waals surface area contributed by atoms with Crippen LogP contribution in [0.1, 0.15) is 68.7 Å². The summed E-state index contributed by atoms with van der Waals surface area (Å²) < 4.78 is 0. The summed E-state index contributed by atoms with van der Waals surface area (Å²) in [6.45, 7) is 15.0. The van der Waals surface area contributed by atoms with Crippen molar-refractivity contribution in [1.29, 1.82) is 0 Å². The van der Waals surface area contributed by atoms with Gasteiger partial charge < -0.3 is 0 Å². The first-order valence-electron chi connectivity index (χ1n) is 8.35. The minimum absolute atomic E-state index is 0.408. The van der Waals surface area contributed by atoms with Crippen molar-refractivity contribution in [2.45, 2.75) is 82.8 Å². The molecule has 2 heterocycles. The maximum absolute atomic E-state index is 2.68. The quantitative estimate of drug-likeness (QED) is 0.604. The second-order valence-electron chi connectivity index (χ2n) is 9.35. The lowest BCUT2D eigenvalue weighted by atomic mass is 9.80. The standard InChI is InChI=1S/C19H28Si/c1-12-9-14-17-15-13(10-18(2,3)16(12)15)7-8-20(17,6)11-19(14,4)5/h9,13H,7-8,10-11H2,1-6H3. The van der Waals surface area contributed by atoms with Gasteiger partial charge >= 0.3 is 0 Å². The average molecular weight is 285 g/mol. The molecule has 1 aromatic rings. The van der Waals surface area contributed by atoms with Crippen LogP contribution in [0.15, 0.2) is 6.07 Å². The molecule has 0 bridgehead atoms. The van der Waals surface area contributed by atoms with E-state index in [2.05, 4.69) is 47.2 Å². The Kier molecular flexibility index (Phi) is 2.25. The highest BCUT2D eigenvalue weighted by atomic mass is 28.3. The van der Waals surface area contributed by atoms with Gasteiger partial charge in [-0.2, -0.15) is 0 Å². The fraction of sp³-hybridized carbons (Fsp3) is 0.684. The van der Waals surface area contributed by atoms with Gasteiger partial charge in [-0.3, -0.25) is 0 Å². The molecule has 0 nitrogen and oxygen atoms in total. The molecule has 0 radical (unpaired) electrons. The summed E-state index contributed by atoms with van der Waals surface area (Å²) in [6.07, 6.45) is 2.87. The Balaban J connectivity index is 2.12. The van der Waals surface area contributed by atoms with Gasteiger partial charge in [-0.05, 0) is 64.8 Å². The topological polar surface area (TPSA) is 0 Å². The number of aryl methyl sites for hydroxylation is 1. The van der Waals surface area contributed by atoms with Crippen LogP contribution in [0.4, 0.5) is 0 Å². The molecule has 20 heavy (non-hydrogen) atoms. The van der Waals surface area contributed by atoms with Gasteiger partial charge in [-0.25, -0.2) is 0 Å². The molecule has 4 rings (SSSR count). The number of rotatable bonds is 0. The normalized spacial score (nSPS) is 35.2. The van der Waals surface area contributed by atoms with E-state index in [0.29, 0.717) is 10.8 Å². The van der Waals surface area contributed by atoms with Crippen LogP contribution in [0.2, 0.25) is 18.6 Å². The van der Waals surface area contributed by atoms with Crippen LogP contribution in [0.5, 0.6) is 0 Å². The molecule has 2 atom stereocenters. The number of benzene rings is 1. The van der Waals surface area contributed by atoms with Crippen LogP contribution in [-0.4, -0.2) is 8.07 Å². The Morgan fingerprint density at radius 2 is 1.85 bits per heavy atom. The highest BCUT2D eigenvalue weighted by Crippen LogP contribution is 2.56. The Hall–Kier alpha value is -0.563. The van der Waals surface area contributed by atoms with E-state index < -0.39 is 8.07 Å². The van der Waals surface area contributed by atoms with Crippen molar-refractivity contribution in [1.82, 2.24) is 0 Å². The Morgan fingerprint density at radius 1 is 1.15 bits per heavy atom. The molecule has 0 saturated heterocycles. The zero-order valence-corrected chi connectivity index (χ0v) is 15.0. The predicted molar refractivity (Wildman–Crippen MR) is 90.1 cm³/mol. The molecule has 1 aromatic carbocycles. The van der Waals surface area contributed by atoms with Gasteiger partial charge in [0.2, 0.25) is 0 Å². The fourth-order valence-electron chi connectivity index (χ4n) is 6.27. The predicted octanol–water partition coefficient (Wildman–Crippen LogP) is 4.74. The lowest BCUT2D eigenvalue weighted by Crippen LogP contribution is -2.47. The molecule has 108 valence electrons. The molecule has 0 N–H and O–H groups in total. The summed E-state index contributed by atoms with van der Waals surface area (Å²) >= 11 is 0. The Labute approximate surface area is 125 Å². The van der Waals surface area contributed by atoms with Crippen molar-refractivity contribution in [3.05, 3.63) is 28.3 Å². The molecule has 1 aliphatic carbocycles. The molecular weight excluding hydrogens is 256 g/mol. The van der Waals surface area contributed by atoms with Crippen molar-refractivity contribution < 1.29 is 0 Å². The molecule has 0 amide bonds. The first kappa shape index (κ1) is 13.1. The first-order chi connectivity index (χ1) is 9.16. The van der Waals surface area contributed by atoms with Crippen molar-refractivity contribution >= 4 is 13.3 Å². The summed E-state index contributed by atoms with van der Waals surface area (Å²) in [7, 11) is -1.19. The first-order valence-corrected chi connectivity index (χ1v) is 11.3. The maximum Gasteiger partial charge on any atom is 0.0853 e. The van der Waals surface area contributed by atoms with Crippen LogP contribution in [-0.2, 0) is 10.8 Å². The third-order valence-corrected chi connectivity index (χ3v) is 11.4. The van der Waals surface area contributed by atoms with Crippen LogP contribution >= 0.6 is 0 Å². The van der Waals surface area contributed by atoms with Crippen LogP contribution in [0, 0.1) is 6.92 Å². The van der Waals surface area contributed by atoms with E-state index in [1.807, 2.05) is 10.8 Å². The highest BCUT2D eigenvalue weighted by molar-refractivity contribution is 6.93. The minimum atomic E-state index is -1.19. The number of hydrogen-bond acceptors (Lipinski definition) is 0. The van der Waals surface area contributed by atoms with E-state index in [0.717, 1.165) is 5.92 Å². The smallest absolute Gasteiger partial charge is 0.0652 e. The maximum atomic E-state index is 2.68. The largest absolute Gasteiger partial charge is 0.0853 e. The zero-order valence-electron chi connectivity index (χ0n) is 14.0. The summed E-state index contributed by atoms with van der Waals surface area (Å²) in [5, 5.41) is 1.92. The van der Waals surface area contributed by atoms with Crippen molar-refractivity contribution in [3.8, 4) is 0 Å². The van der Waals surface area contributed by atoms with Gasteiger partial charge in [0.25, 0.3) is 0 Å². The minimum Gasteiger partial charge on any atom is -0.0652 e. The summed E-state index contributed by atoms with van der Waals surface area (Å²) in [6, 6.07) is 5.61. The summed E-state index contributed by atoms with van der Waals surface area (Å²) in [5.74, 6) is 0.878. The van der Waals surface area contributed by atoms with E-state index in [9.17, 15) is 0 Å². The molecule has 2 unspecified atom stereocenters. The van der Waals surface area contributed by atoms with E-state index in [1.165, 1.54) is 18.9 Å². The molecule has 2 aliphatic heterocycles. The summed E-state index contributed by atoms with van der Waals surface area (Å²) in [4.78, 5) is 0. The lowest BCUT2D eigenvalue weighted by Gasteiger charge is -2.34. The highest BCUT2D eigenvalue weighted by Gasteiger charge is 2.54. The summed E-state index contributed by atoms with van der Waals surface area (Å²) in [5.41, 5.74) is 7.77. The Morgan fingerprint density at radius 3 is 2.55 bits per heavy atom. The number of hydrogen-bond donors (Lipinski definition) is 0. The fourth-order valence-corrected chi connectivity index (χ4v) is 12.0. The lowest BCUT2D eigenvalue weighted by molar-refractivity contribution is 0.465. The van der Waals surface area contributed by atoms with E-state index in [1.54, 1.807) is 22.7 Å². The Bertz CT molecular complexity index is 623. The van der Waals surface area contributed by atoms with Crippen molar-refractivity contribution in [3.63, 3.8) is 0 Å². The third-order valence-electron chi connectivity index (χ3n) is 6.61. The molecular formula is C19H28Si. The van der Waals surface area contributed by atoms with Gasteiger partial charge in [-0.15, -0.1) is 0 Å². The molecule has 1 heteroatoms. The third kappa shape index (κ3) is 1.38. The van der Waals surface area contributed by atoms with E-state index in [4.69, 9.17) is 0 Å². The SMILES string of the molecule is Cc1cc2c3c4c1C(C)(C)CC4CC[Si]3(C)CC2(C)C. The van der Waals surface area contributed by atoms with Gasteiger partial charge in [0.15, 0.2) is 0 Å². The van der Waals surface area contributed by atoms with Crippen molar-refractivity contribution in [2.75, 3.05) is 0 Å².